The lowest BCUT2D eigenvalue weighted by Gasteiger charge is -2.15. The summed E-state index contributed by atoms with van der Waals surface area (Å²) >= 11 is 0. The van der Waals surface area contributed by atoms with Gasteiger partial charge in [0.2, 0.25) is 5.91 Å². The van der Waals surface area contributed by atoms with Crippen molar-refractivity contribution in [3.8, 4) is 22.7 Å². The average Bonchev–Trinajstić information content (AvgIpc) is 3.49. The van der Waals surface area contributed by atoms with E-state index in [1.807, 2.05) is 72.8 Å². The molecule has 0 saturated heterocycles. The first-order chi connectivity index (χ1) is 16.5. The molecule has 7 heteroatoms. The fourth-order valence-electron chi connectivity index (χ4n) is 4.30. The molecule has 0 radical (unpaired) electrons. The third-order valence-corrected chi connectivity index (χ3v) is 5.95. The second-order valence-corrected chi connectivity index (χ2v) is 8.09. The third kappa shape index (κ3) is 3.92. The molecule has 2 heterocycles. The number of nitrogens with one attached hydrogen (secondary N) is 1. The summed E-state index contributed by atoms with van der Waals surface area (Å²) < 4.78 is 7.23. The monoisotopic (exact) mass is 452 g/mol. The summed E-state index contributed by atoms with van der Waals surface area (Å²) in [5, 5.41) is 7.75. The number of aromatic nitrogens is 2. The van der Waals surface area contributed by atoms with Gasteiger partial charge >= 0.3 is 0 Å². The van der Waals surface area contributed by atoms with Crippen molar-refractivity contribution >= 4 is 23.2 Å². The molecule has 7 nitrogen and oxygen atoms in total. The summed E-state index contributed by atoms with van der Waals surface area (Å²) in [6, 6.07) is 22.8. The predicted octanol–water partition coefficient (Wildman–Crippen LogP) is 4.71. The van der Waals surface area contributed by atoms with Gasteiger partial charge in [-0.2, -0.15) is 5.10 Å². The van der Waals surface area contributed by atoms with Crippen LogP contribution in [0.1, 0.15) is 22.8 Å². The fraction of sp³-hybridized carbons (Fsp3) is 0.148. The highest BCUT2D eigenvalue weighted by atomic mass is 16.5. The number of ether oxygens (including phenoxy) is 1. The number of carbonyl (C=O) groups excluding carboxylic acids is 2. The van der Waals surface area contributed by atoms with E-state index in [9.17, 15) is 9.59 Å². The Labute approximate surface area is 197 Å². The van der Waals surface area contributed by atoms with E-state index in [2.05, 4.69) is 5.32 Å². The minimum absolute atomic E-state index is 0.0188. The van der Waals surface area contributed by atoms with Gasteiger partial charge < -0.3 is 15.0 Å². The molecule has 3 aromatic carbocycles. The lowest BCUT2D eigenvalue weighted by atomic mass is 10.1. The zero-order chi connectivity index (χ0) is 23.7. The van der Waals surface area contributed by atoms with E-state index in [4.69, 9.17) is 9.84 Å². The number of carbonyl (C=O) groups is 2. The van der Waals surface area contributed by atoms with Crippen LogP contribution in [0.15, 0.2) is 79.0 Å². The Bertz CT molecular complexity index is 1380. The Kier molecular flexibility index (Phi) is 5.59. The maximum absolute atomic E-state index is 13.5. The van der Waals surface area contributed by atoms with Gasteiger partial charge in [0, 0.05) is 36.6 Å². The molecule has 170 valence electrons. The molecule has 4 aromatic rings. The zero-order valence-corrected chi connectivity index (χ0v) is 19.0. The van der Waals surface area contributed by atoms with Crippen LogP contribution < -0.4 is 15.0 Å². The van der Waals surface area contributed by atoms with Gasteiger partial charge in [0.25, 0.3) is 5.91 Å². The molecule has 0 saturated carbocycles. The topological polar surface area (TPSA) is 76.5 Å². The summed E-state index contributed by atoms with van der Waals surface area (Å²) in [7, 11) is 1.60. The highest BCUT2D eigenvalue weighted by molar-refractivity contribution is 6.08. The number of hydrogen-bond acceptors (Lipinski definition) is 4. The van der Waals surface area contributed by atoms with E-state index in [0.29, 0.717) is 29.2 Å². The molecule has 0 atom stereocenters. The molecule has 0 spiro atoms. The summed E-state index contributed by atoms with van der Waals surface area (Å²) in [6.07, 6.45) is 2.49. The van der Waals surface area contributed by atoms with Crippen LogP contribution in [0.3, 0.4) is 0 Å². The maximum atomic E-state index is 13.5. The molecule has 1 N–H and O–H groups in total. The van der Waals surface area contributed by atoms with Crippen molar-refractivity contribution in [3.05, 3.63) is 90.1 Å². The molecule has 1 aliphatic heterocycles. The van der Waals surface area contributed by atoms with Crippen molar-refractivity contribution in [1.29, 1.82) is 0 Å². The Hall–Kier alpha value is -4.39. The van der Waals surface area contributed by atoms with Gasteiger partial charge in [0.05, 0.1) is 18.4 Å². The molecule has 5 rings (SSSR count). The number of para-hydroxylation sites is 2. The van der Waals surface area contributed by atoms with Crippen molar-refractivity contribution in [3.63, 3.8) is 0 Å². The number of anilines is 2. The Morgan fingerprint density at radius 2 is 1.76 bits per heavy atom. The minimum Gasteiger partial charge on any atom is -0.496 e. The second kappa shape index (κ2) is 8.86. The molecule has 1 aliphatic rings. The average molecular weight is 453 g/mol. The largest absolute Gasteiger partial charge is 0.496 e. The number of hydrogen-bond donors (Lipinski definition) is 1. The molecule has 1 aromatic heterocycles. The van der Waals surface area contributed by atoms with E-state index >= 15 is 0 Å². The first-order valence-electron chi connectivity index (χ1n) is 11.1. The van der Waals surface area contributed by atoms with Crippen LogP contribution in [0.4, 0.5) is 11.4 Å². The highest BCUT2D eigenvalue weighted by Crippen LogP contribution is 2.33. The van der Waals surface area contributed by atoms with Crippen molar-refractivity contribution in [2.45, 2.75) is 13.3 Å². The number of methoxy groups -OCH3 is 1. The Morgan fingerprint density at radius 1 is 1.00 bits per heavy atom. The quantitative estimate of drug-likeness (QED) is 0.476. The number of benzene rings is 3. The van der Waals surface area contributed by atoms with Gasteiger partial charge in [0.1, 0.15) is 11.4 Å². The first-order valence-corrected chi connectivity index (χ1v) is 11.1. The number of rotatable bonds is 5. The zero-order valence-electron chi connectivity index (χ0n) is 19.0. The van der Waals surface area contributed by atoms with Crippen LogP contribution in [-0.4, -0.2) is 35.2 Å². The van der Waals surface area contributed by atoms with E-state index in [1.54, 1.807) is 29.8 Å². The molecule has 0 bridgehead atoms. The number of fused-ring (bicyclic) bond motifs is 1. The number of amides is 2. The highest BCUT2D eigenvalue weighted by Gasteiger charge is 2.24. The van der Waals surface area contributed by atoms with Crippen LogP contribution in [-0.2, 0) is 11.2 Å². The molecule has 2 amide bonds. The maximum Gasteiger partial charge on any atom is 0.259 e. The fourth-order valence-corrected chi connectivity index (χ4v) is 4.30. The predicted molar refractivity (Wildman–Crippen MR) is 132 cm³/mol. The van der Waals surface area contributed by atoms with Crippen LogP contribution in [0.25, 0.3) is 16.9 Å². The van der Waals surface area contributed by atoms with Crippen molar-refractivity contribution in [2.75, 3.05) is 23.9 Å². The van der Waals surface area contributed by atoms with E-state index < -0.39 is 0 Å². The van der Waals surface area contributed by atoms with Gasteiger partial charge in [-0.1, -0.05) is 30.3 Å². The molecular weight excluding hydrogens is 428 g/mol. The smallest absolute Gasteiger partial charge is 0.259 e. The van der Waals surface area contributed by atoms with E-state index in [0.717, 1.165) is 28.9 Å². The first kappa shape index (κ1) is 21.5. The van der Waals surface area contributed by atoms with Gasteiger partial charge in [-0.15, -0.1) is 0 Å². The van der Waals surface area contributed by atoms with Gasteiger partial charge in [-0.05, 0) is 54.4 Å². The minimum atomic E-state index is -0.274. The van der Waals surface area contributed by atoms with Crippen LogP contribution in [0, 0.1) is 0 Å². The summed E-state index contributed by atoms with van der Waals surface area (Å²) in [5.74, 6) is 0.381. The van der Waals surface area contributed by atoms with Crippen LogP contribution in [0.2, 0.25) is 0 Å². The standard InChI is InChI=1S/C27H24N4O3/c1-18(32)30-15-14-19-16-20(12-13-24(19)30)28-27(33)23-17-31(21-8-4-3-5-9-21)29-26(23)22-10-6-7-11-25(22)34-2/h3-13,16-17H,14-15H2,1-2H3,(H,28,33). The van der Waals surface area contributed by atoms with E-state index in [-0.39, 0.29) is 11.8 Å². The van der Waals surface area contributed by atoms with Gasteiger partial charge in [-0.25, -0.2) is 4.68 Å². The number of nitrogens with zero attached hydrogens (tertiary/aromatic N) is 3. The van der Waals surface area contributed by atoms with E-state index in [1.165, 1.54) is 0 Å². The van der Waals surface area contributed by atoms with Crippen molar-refractivity contribution in [2.24, 2.45) is 0 Å². The van der Waals surface area contributed by atoms with Gasteiger partial charge in [0.15, 0.2) is 0 Å². The SMILES string of the molecule is COc1ccccc1-c1nn(-c2ccccc2)cc1C(=O)Nc1ccc2c(c1)CCN2C(C)=O. The molecule has 0 unspecified atom stereocenters. The summed E-state index contributed by atoms with van der Waals surface area (Å²) in [4.78, 5) is 27.0. The Morgan fingerprint density at radius 3 is 2.53 bits per heavy atom. The molecule has 34 heavy (non-hydrogen) atoms. The van der Waals surface area contributed by atoms with Crippen LogP contribution >= 0.6 is 0 Å². The van der Waals surface area contributed by atoms with Gasteiger partial charge in [-0.3, -0.25) is 9.59 Å². The van der Waals surface area contributed by atoms with Crippen LogP contribution in [0.5, 0.6) is 5.75 Å². The third-order valence-electron chi connectivity index (χ3n) is 5.95. The lowest BCUT2D eigenvalue weighted by molar-refractivity contribution is -0.116. The second-order valence-electron chi connectivity index (χ2n) is 8.09. The van der Waals surface area contributed by atoms with Crippen molar-refractivity contribution in [1.82, 2.24) is 9.78 Å². The molecule has 0 aliphatic carbocycles. The lowest BCUT2D eigenvalue weighted by Crippen LogP contribution is -2.25. The Balaban J connectivity index is 1.52. The normalized spacial score (nSPS) is 12.4. The van der Waals surface area contributed by atoms with Crippen molar-refractivity contribution < 1.29 is 14.3 Å². The molecular formula is C27H24N4O3. The summed E-state index contributed by atoms with van der Waals surface area (Å²) in [5.41, 5.74) is 5.15. The molecule has 0 fully saturated rings. The summed E-state index contributed by atoms with van der Waals surface area (Å²) in [6.45, 7) is 2.22.